The molecule has 90 valence electrons. The SMILES string of the molecule is CCCN(c1ccc([C@@H](C)O)cn1)C(C)C. The van der Waals surface area contributed by atoms with Crippen LogP contribution < -0.4 is 4.90 Å². The Balaban J connectivity index is 2.85. The molecule has 0 aromatic carbocycles. The van der Waals surface area contributed by atoms with E-state index < -0.39 is 6.10 Å². The summed E-state index contributed by atoms with van der Waals surface area (Å²) in [6, 6.07) is 4.38. The number of pyridine rings is 1. The van der Waals surface area contributed by atoms with Gasteiger partial charge in [0.15, 0.2) is 0 Å². The third-order valence-electron chi connectivity index (χ3n) is 2.64. The molecule has 0 aliphatic heterocycles. The number of anilines is 1. The Kier molecular flexibility index (Phi) is 4.74. The van der Waals surface area contributed by atoms with Crippen molar-refractivity contribution in [3.8, 4) is 0 Å². The zero-order valence-corrected chi connectivity index (χ0v) is 10.6. The van der Waals surface area contributed by atoms with Gasteiger partial charge in [0.25, 0.3) is 0 Å². The molecule has 0 fully saturated rings. The Labute approximate surface area is 98.1 Å². The first-order chi connectivity index (χ1) is 7.56. The number of aromatic nitrogens is 1. The number of aliphatic hydroxyl groups excluding tert-OH is 1. The summed E-state index contributed by atoms with van der Waals surface area (Å²) in [7, 11) is 0. The molecule has 1 rings (SSSR count). The lowest BCUT2D eigenvalue weighted by Gasteiger charge is -2.27. The van der Waals surface area contributed by atoms with Crippen molar-refractivity contribution in [3.05, 3.63) is 23.9 Å². The highest BCUT2D eigenvalue weighted by atomic mass is 16.3. The summed E-state index contributed by atoms with van der Waals surface area (Å²) in [5.41, 5.74) is 0.865. The number of hydrogen-bond acceptors (Lipinski definition) is 3. The topological polar surface area (TPSA) is 36.4 Å². The molecule has 0 saturated heterocycles. The van der Waals surface area contributed by atoms with Gasteiger partial charge in [0.05, 0.1) is 6.10 Å². The van der Waals surface area contributed by atoms with Crippen LogP contribution in [0.15, 0.2) is 18.3 Å². The average molecular weight is 222 g/mol. The van der Waals surface area contributed by atoms with E-state index in [0.29, 0.717) is 6.04 Å². The molecule has 0 spiro atoms. The minimum absolute atomic E-state index is 0.444. The Morgan fingerprint density at radius 3 is 2.38 bits per heavy atom. The van der Waals surface area contributed by atoms with Gasteiger partial charge in [-0.3, -0.25) is 0 Å². The molecule has 1 aromatic rings. The second kappa shape index (κ2) is 5.85. The molecular weight excluding hydrogens is 200 g/mol. The molecule has 3 heteroatoms. The van der Waals surface area contributed by atoms with Crippen LogP contribution in [0.25, 0.3) is 0 Å². The summed E-state index contributed by atoms with van der Waals surface area (Å²) >= 11 is 0. The molecule has 16 heavy (non-hydrogen) atoms. The van der Waals surface area contributed by atoms with Gasteiger partial charge in [-0.1, -0.05) is 13.0 Å². The average Bonchev–Trinajstić information content (AvgIpc) is 2.25. The zero-order valence-electron chi connectivity index (χ0n) is 10.6. The predicted octanol–water partition coefficient (Wildman–Crippen LogP) is 2.76. The largest absolute Gasteiger partial charge is 0.389 e. The first kappa shape index (κ1) is 13.0. The van der Waals surface area contributed by atoms with Crippen LogP contribution >= 0.6 is 0 Å². The summed E-state index contributed by atoms with van der Waals surface area (Å²) in [4.78, 5) is 6.68. The molecule has 0 radical (unpaired) electrons. The van der Waals surface area contributed by atoms with Gasteiger partial charge in [-0.25, -0.2) is 4.98 Å². The van der Waals surface area contributed by atoms with Crippen molar-refractivity contribution >= 4 is 5.82 Å². The first-order valence-electron chi connectivity index (χ1n) is 5.97. The highest BCUT2D eigenvalue weighted by Crippen LogP contribution is 2.17. The van der Waals surface area contributed by atoms with E-state index in [1.54, 1.807) is 13.1 Å². The van der Waals surface area contributed by atoms with Gasteiger partial charge in [0, 0.05) is 18.8 Å². The molecule has 0 amide bonds. The Morgan fingerprint density at radius 2 is 2.00 bits per heavy atom. The van der Waals surface area contributed by atoms with E-state index in [9.17, 15) is 5.11 Å². The molecule has 1 heterocycles. The number of aliphatic hydroxyl groups is 1. The van der Waals surface area contributed by atoms with Crippen LogP contribution in [0.5, 0.6) is 0 Å². The van der Waals surface area contributed by atoms with Gasteiger partial charge >= 0.3 is 0 Å². The summed E-state index contributed by atoms with van der Waals surface area (Å²) in [5, 5.41) is 9.41. The van der Waals surface area contributed by atoms with Crippen LogP contribution in [-0.2, 0) is 0 Å². The molecule has 0 aliphatic carbocycles. The van der Waals surface area contributed by atoms with Gasteiger partial charge in [-0.15, -0.1) is 0 Å². The Morgan fingerprint density at radius 1 is 1.31 bits per heavy atom. The van der Waals surface area contributed by atoms with Crippen LogP contribution in [0.2, 0.25) is 0 Å². The lowest BCUT2D eigenvalue weighted by Crippen LogP contribution is -2.32. The number of nitrogens with zero attached hydrogens (tertiary/aromatic N) is 2. The van der Waals surface area contributed by atoms with Gasteiger partial charge in [0.1, 0.15) is 5.82 Å². The van der Waals surface area contributed by atoms with Crippen LogP contribution in [0.1, 0.15) is 45.8 Å². The minimum Gasteiger partial charge on any atom is -0.389 e. The molecule has 1 N–H and O–H groups in total. The second-order valence-electron chi connectivity index (χ2n) is 4.41. The van der Waals surface area contributed by atoms with Crippen molar-refractivity contribution in [1.29, 1.82) is 0 Å². The quantitative estimate of drug-likeness (QED) is 0.832. The fourth-order valence-electron chi connectivity index (χ4n) is 1.69. The molecule has 0 unspecified atom stereocenters. The van der Waals surface area contributed by atoms with Crippen molar-refractivity contribution in [2.24, 2.45) is 0 Å². The maximum absolute atomic E-state index is 9.41. The van der Waals surface area contributed by atoms with Crippen molar-refractivity contribution in [2.75, 3.05) is 11.4 Å². The lowest BCUT2D eigenvalue weighted by molar-refractivity contribution is 0.199. The molecule has 1 atom stereocenters. The van der Waals surface area contributed by atoms with Crippen molar-refractivity contribution < 1.29 is 5.11 Å². The molecular formula is C13H22N2O. The highest BCUT2D eigenvalue weighted by Gasteiger charge is 2.11. The third kappa shape index (κ3) is 3.20. The number of rotatable bonds is 5. The maximum atomic E-state index is 9.41. The Hall–Kier alpha value is -1.09. The molecule has 3 nitrogen and oxygen atoms in total. The van der Waals surface area contributed by atoms with E-state index >= 15 is 0 Å². The van der Waals surface area contributed by atoms with Crippen molar-refractivity contribution in [1.82, 2.24) is 4.98 Å². The van der Waals surface area contributed by atoms with E-state index in [1.165, 1.54) is 0 Å². The smallest absolute Gasteiger partial charge is 0.128 e. The predicted molar refractivity (Wildman–Crippen MR) is 67.6 cm³/mol. The van der Waals surface area contributed by atoms with Crippen molar-refractivity contribution in [3.63, 3.8) is 0 Å². The fourth-order valence-corrected chi connectivity index (χ4v) is 1.69. The first-order valence-corrected chi connectivity index (χ1v) is 5.97. The zero-order chi connectivity index (χ0) is 12.1. The number of hydrogen-bond donors (Lipinski definition) is 1. The second-order valence-corrected chi connectivity index (χ2v) is 4.41. The van der Waals surface area contributed by atoms with E-state index in [2.05, 4.69) is 30.7 Å². The summed E-state index contributed by atoms with van der Waals surface area (Å²) in [6.07, 6.45) is 2.42. The van der Waals surface area contributed by atoms with Crippen LogP contribution in [-0.4, -0.2) is 22.7 Å². The standard InChI is InChI=1S/C13H22N2O/c1-5-8-15(10(2)3)13-7-6-12(9-14-13)11(4)16/h6-7,9-11,16H,5,8H2,1-4H3/t11-/m1/s1. The van der Waals surface area contributed by atoms with Gasteiger partial charge in [0.2, 0.25) is 0 Å². The van der Waals surface area contributed by atoms with E-state index in [0.717, 1.165) is 24.3 Å². The summed E-state index contributed by atoms with van der Waals surface area (Å²) < 4.78 is 0. The van der Waals surface area contributed by atoms with E-state index in [-0.39, 0.29) is 0 Å². The van der Waals surface area contributed by atoms with Crippen LogP contribution in [0.3, 0.4) is 0 Å². The Bertz CT molecular complexity index is 306. The summed E-state index contributed by atoms with van der Waals surface area (Å²) in [6.45, 7) is 9.26. The molecule has 0 saturated carbocycles. The molecule has 0 aliphatic rings. The molecule has 1 aromatic heterocycles. The summed E-state index contributed by atoms with van der Waals surface area (Å²) in [5.74, 6) is 0.987. The third-order valence-corrected chi connectivity index (χ3v) is 2.64. The monoisotopic (exact) mass is 222 g/mol. The maximum Gasteiger partial charge on any atom is 0.128 e. The van der Waals surface area contributed by atoms with E-state index in [4.69, 9.17) is 0 Å². The fraction of sp³-hybridized carbons (Fsp3) is 0.615. The minimum atomic E-state index is -0.444. The highest BCUT2D eigenvalue weighted by molar-refractivity contribution is 5.40. The van der Waals surface area contributed by atoms with Crippen LogP contribution in [0, 0.1) is 0 Å². The van der Waals surface area contributed by atoms with Gasteiger partial charge in [-0.2, -0.15) is 0 Å². The van der Waals surface area contributed by atoms with Gasteiger partial charge < -0.3 is 10.0 Å². The van der Waals surface area contributed by atoms with Gasteiger partial charge in [-0.05, 0) is 38.8 Å². The van der Waals surface area contributed by atoms with Crippen molar-refractivity contribution in [2.45, 2.75) is 46.3 Å². The normalized spacial score (nSPS) is 12.9. The lowest BCUT2D eigenvalue weighted by atomic mass is 10.2. The molecule has 0 bridgehead atoms. The van der Waals surface area contributed by atoms with E-state index in [1.807, 2.05) is 12.1 Å². The van der Waals surface area contributed by atoms with Crippen LogP contribution in [0.4, 0.5) is 5.82 Å².